The molecule has 4 N–H and O–H groups in total. The molecule has 0 spiro atoms. The Balaban J connectivity index is 3.50. The van der Waals surface area contributed by atoms with Crippen molar-refractivity contribution in [2.45, 2.75) is 0 Å². The fourth-order valence-electron chi connectivity index (χ4n) is 0.848. The van der Waals surface area contributed by atoms with Crippen LogP contribution in [-0.4, -0.2) is 18.7 Å². The van der Waals surface area contributed by atoms with E-state index in [4.69, 9.17) is 23.1 Å². The van der Waals surface area contributed by atoms with Gasteiger partial charge in [0.1, 0.15) is 5.69 Å². The summed E-state index contributed by atoms with van der Waals surface area (Å²) in [6.45, 7) is 0. The zero-order valence-corrected chi connectivity index (χ0v) is 7.52. The van der Waals surface area contributed by atoms with E-state index in [0.717, 1.165) is 0 Å². The van der Waals surface area contributed by atoms with E-state index in [2.05, 4.69) is 4.98 Å². The van der Waals surface area contributed by atoms with E-state index in [1.165, 1.54) is 7.85 Å². The van der Waals surface area contributed by atoms with Crippen molar-refractivity contribution in [3.8, 4) is 0 Å². The molecule has 68 valence electrons. The average molecular weight is 201 g/mol. The first-order valence-electron chi connectivity index (χ1n) is 3.36. The smallest absolute Gasteiger partial charge is 0.268 e. The third kappa shape index (κ3) is 1.57. The number of anilines is 1. The highest BCUT2D eigenvalue weighted by atomic mass is 35.5. The zero-order chi connectivity index (χ0) is 10.2. The molecule has 0 aliphatic rings. The number of primary amides is 1. The number of amides is 1. The standard InChI is InChI=1S/C6H6BClFN3O/c7-5-2(9)3(10)1(8)4(12-5)6(11)13/h7H2,(H2,10,12)(H2,11,13). The molecule has 1 aromatic rings. The quantitative estimate of drug-likeness (QED) is 0.561. The molecule has 0 aliphatic heterocycles. The number of pyridine rings is 1. The molecular weight excluding hydrogens is 195 g/mol. The van der Waals surface area contributed by atoms with E-state index in [9.17, 15) is 9.18 Å². The lowest BCUT2D eigenvalue weighted by molar-refractivity contribution is 0.0996. The molecule has 0 fully saturated rings. The minimum Gasteiger partial charge on any atom is -0.395 e. The lowest BCUT2D eigenvalue weighted by Crippen LogP contribution is -2.24. The van der Waals surface area contributed by atoms with Crippen molar-refractivity contribution in [2.24, 2.45) is 5.73 Å². The molecule has 1 heterocycles. The van der Waals surface area contributed by atoms with Gasteiger partial charge in [-0.1, -0.05) is 11.6 Å². The number of halogens is 2. The number of carbonyl (C=O) groups excluding carboxylic acids is 1. The number of nitrogen functional groups attached to an aromatic ring is 1. The lowest BCUT2D eigenvalue weighted by Gasteiger charge is -2.06. The van der Waals surface area contributed by atoms with Gasteiger partial charge in [0, 0.05) is 5.59 Å². The van der Waals surface area contributed by atoms with Gasteiger partial charge >= 0.3 is 0 Å². The number of hydrogen-bond donors (Lipinski definition) is 2. The Morgan fingerprint density at radius 2 is 2.15 bits per heavy atom. The van der Waals surface area contributed by atoms with Gasteiger partial charge in [-0.2, -0.15) is 0 Å². The molecule has 0 saturated heterocycles. The van der Waals surface area contributed by atoms with Gasteiger partial charge < -0.3 is 11.5 Å². The summed E-state index contributed by atoms with van der Waals surface area (Å²) in [7, 11) is 1.37. The van der Waals surface area contributed by atoms with E-state index >= 15 is 0 Å². The topological polar surface area (TPSA) is 82.0 Å². The van der Waals surface area contributed by atoms with Crippen LogP contribution >= 0.6 is 11.6 Å². The predicted molar refractivity (Wildman–Crippen MR) is 50.3 cm³/mol. The van der Waals surface area contributed by atoms with E-state index in [-0.39, 0.29) is 22.0 Å². The zero-order valence-electron chi connectivity index (χ0n) is 6.77. The highest BCUT2D eigenvalue weighted by Crippen LogP contribution is 2.22. The van der Waals surface area contributed by atoms with Crippen molar-refractivity contribution in [3.05, 3.63) is 16.5 Å². The second-order valence-corrected chi connectivity index (χ2v) is 2.83. The van der Waals surface area contributed by atoms with Gasteiger partial charge in [0.25, 0.3) is 5.91 Å². The molecule has 0 aromatic carbocycles. The number of rotatable bonds is 1. The molecular formula is C6H6BClFN3O. The van der Waals surface area contributed by atoms with Gasteiger partial charge in [-0.05, 0) is 0 Å². The third-order valence-corrected chi connectivity index (χ3v) is 1.89. The largest absolute Gasteiger partial charge is 0.395 e. The van der Waals surface area contributed by atoms with Crippen LogP contribution in [0.25, 0.3) is 0 Å². The van der Waals surface area contributed by atoms with E-state index in [1.54, 1.807) is 0 Å². The minimum atomic E-state index is -0.834. The van der Waals surface area contributed by atoms with Crippen molar-refractivity contribution in [2.75, 3.05) is 5.73 Å². The van der Waals surface area contributed by atoms with Gasteiger partial charge in [0.2, 0.25) is 0 Å². The van der Waals surface area contributed by atoms with Gasteiger partial charge in [-0.15, -0.1) is 0 Å². The molecule has 0 saturated carbocycles. The molecule has 7 heteroatoms. The van der Waals surface area contributed by atoms with E-state index in [0.29, 0.717) is 0 Å². The molecule has 4 nitrogen and oxygen atoms in total. The molecule has 13 heavy (non-hydrogen) atoms. The monoisotopic (exact) mass is 201 g/mol. The number of nitrogens with zero attached hydrogens (tertiary/aromatic N) is 1. The predicted octanol–water partition coefficient (Wildman–Crippen LogP) is -1.19. The highest BCUT2D eigenvalue weighted by Gasteiger charge is 2.16. The van der Waals surface area contributed by atoms with Crippen LogP contribution in [0.4, 0.5) is 10.1 Å². The molecule has 0 bridgehead atoms. The summed E-state index contributed by atoms with van der Waals surface area (Å²) in [5.74, 6) is -1.56. The first-order valence-corrected chi connectivity index (χ1v) is 3.73. The van der Waals surface area contributed by atoms with Crippen LogP contribution < -0.4 is 17.1 Å². The van der Waals surface area contributed by atoms with Crippen molar-refractivity contribution in [3.63, 3.8) is 0 Å². The number of hydrogen-bond acceptors (Lipinski definition) is 3. The SMILES string of the molecule is Bc1nc(C(N)=O)c(Cl)c(N)c1F. The second kappa shape index (κ2) is 3.22. The van der Waals surface area contributed by atoms with Crippen LogP contribution in [0, 0.1) is 5.82 Å². The molecule has 1 rings (SSSR count). The Labute approximate surface area is 79.5 Å². The molecule has 0 unspecified atom stereocenters. The summed E-state index contributed by atoms with van der Waals surface area (Å²) >= 11 is 5.54. The van der Waals surface area contributed by atoms with Crippen LogP contribution in [0.15, 0.2) is 0 Å². The Bertz CT molecular complexity index is 385. The summed E-state index contributed by atoms with van der Waals surface area (Å²) in [4.78, 5) is 14.3. The molecule has 1 aromatic heterocycles. The van der Waals surface area contributed by atoms with E-state index in [1.807, 2.05) is 0 Å². The average Bonchev–Trinajstić information content (AvgIpc) is 2.07. The van der Waals surface area contributed by atoms with Crippen molar-refractivity contribution in [1.29, 1.82) is 0 Å². The summed E-state index contributed by atoms with van der Waals surface area (Å²) in [5.41, 5.74) is 9.69. The van der Waals surface area contributed by atoms with Gasteiger partial charge in [0.15, 0.2) is 13.7 Å². The molecule has 0 radical (unpaired) electrons. The third-order valence-electron chi connectivity index (χ3n) is 1.51. The van der Waals surface area contributed by atoms with Crippen molar-refractivity contribution >= 4 is 36.6 Å². The van der Waals surface area contributed by atoms with Gasteiger partial charge in [-0.25, -0.2) is 4.39 Å². The second-order valence-electron chi connectivity index (χ2n) is 2.45. The summed E-state index contributed by atoms with van der Waals surface area (Å²) in [6, 6.07) is 0. The van der Waals surface area contributed by atoms with Crippen molar-refractivity contribution < 1.29 is 9.18 Å². The maximum absolute atomic E-state index is 13.0. The van der Waals surface area contributed by atoms with Crippen molar-refractivity contribution in [1.82, 2.24) is 4.98 Å². The number of nitrogens with two attached hydrogens (primary N) is 2. The van der Waals surface area contributed by atoms with Crippen LogP contribution in [0.1, 0.15) is 10.5 Å². The first-order chi connectivity index (χ1) is 5.95. The summed E-state index contributed by atoms with van der Waals surface area (Å²) in [6.07, 6.45) is 0. The lowest BCUT2D eigenvalue weighted by atomic mass is 10.0. The number of aromatic nitrogens is 1. The highest BCUT2D eigenvalue weighted by molar-refractivity contribution is 6.37. The maximum atomic E-state index is 13.0. The fraction of sp³-hybridized carbons (Fsp3) is 0. The van der Waals surface area contributed by atoms with Gasteiger partial charge in [0.05, 0.1) is 10.7 Å². The summed E-state index contributed by atoms with van der Waals surface area (Å²) in [5, 5.41) is -0.240. The van der Waals surface area contributed by atoms with Gasteiger partial charge in [-0.3, -0.25) is 9.78 Å². The minimum absolute atomic E-state index is 0.00398. The Hall–Kier alpha value is -1.30. The van der Waals surface area contributed by atoms with Crippen LogP contribution in [0.2, 0.25) is 5.02 Å². The first kappa shape index (κ1) is 9.79. The normalized spacial score (nSPS) is 10.0. The Morgan fingerprint density at radius 1 is 1.62 bits per heavy atom. The molecule has 1 amide bonds. The molecule has 0 atom stereocenters. The summed E-state index contributed by atoms with van der Waals surface area (Å²) < 4.78 is 13.0. The Kier molecular flexibility index (Phi) is 2.42. The fourth-order valence-corrected chi connectivity index (χ4v) is 1.07. The van der Waals surface area contributed by atoms with Crippen LogP contribution in [0.5, 0.6) is 0 Å². The Morgan fingerprint density at radius 3 is 2.62 bits per heavy atom. The van der Waals surface area contributed by atoms with E-state index < -0.39 is 11.7 Å². The molecule has 0 aliphatic carbocycles. The van der Waals surface area contributed by atoms with Crippen LogP contribution in [0.3, 0.4) is 0 Å². The number of carbonyl (C=O) groups is 1. The maximum Gasteiger partial charge on any atom is 0.268 e. The van der Waals surface area contributed by atoms with Crippen LogP contribution in [-0.2, 0) is 0 Å².